The normalized spacial score (nSPS) is 11.2. The Morgan fingerprint density at radius 3 is 2.29 bits per heavy atom. The molecule has 132 valence electrons. The minimum atomic E-state index is -0.927. The van der Waals surface area contributed by atoms with Crippen LogP contribution in [0.3, 0.4) is 0 Å². The van der Waals surface area contributed by atoms with Crippen LogP contribution in [0.1, 0.15) is 46.6 Å². The molecule has 0 saturated carbocycles. The van der Waals surface area contributed by atoms with Crippen molar-refractivity contribution in [2.75, 3.05) is 0 Å². The first-order valence-electron chi connectivity index (χ1n) is 7.95. The molecule has 5 nitrogen and oxygen atoms in total. The van der Waals surface area contributed by atoms with Crippen molar-refractivity contribution in [2.45, 2.75) is 59.3 Å². The van der Waals surface area contributed by atoms with Crippen molar-refractivity contribution in [3.05, 3.63) is 35.9 Å². The zero-order chi connectivity index (χ0) is 18.6. The zero-order valence-electron chi connectivity index (χ0n) is 15.1. The molecule has 24 heavy (non-hydrogen) atoms. The maximum Gasteiger partial charge on any atom is 0.408 e. The van der Waals surface area contributed by atoms with E-state index in [1.807, 2.05) is 44.2 Å². The van der Waals surface area contributed by atoms with E-state index in [0.29, 0.717) is 0 Å². The van der Waals surface area contributed by atoms with Crippen LogP contribution < -0.4 is 5.32 Å². The maximum atomic E-state index is 12.0. The number of nitrogens with one attached hydrogen (secondary N) is 1. The van der Waals surface area contributed by atoms with Crippen LogP contribution in [0, 0.1) is 12.3 Å². The number of carbonyl (C=O) groups excluding carboxylic acids is 2. The minimum absolute atomic E-state index is 0.0346. The second-order valence-corrected chi connectivity index (χ2v) is 5.70. The van der Waals surface area contributed by atoms with Crippen molar-refractivity contribution < 1.29 is 19.1 Å². The summed E-state index contributed by atoms with van der Waals surface area (Å²) in [5.74, 6) is 1.75. The van der Waals surface area contributed by atoms with Gasteiger partial charge in [0.05, 0.1) is 0 Å². The smallest absolute Gasteiger partial charge is 0.408 e. The van der Waals surface area contributed by atoms with Crippen molar-refractivity contribution in [2.24, 2.45) is 0 Å². The van der Waals surface area contributed by atoms with Gasteiger partial charge in [-0.15, -0.1) is 12.3 Å². The molecule has 1 amide bonds. The van der Waals surface area contributed by atoms with E-state index in [2.05, 4.69) is 11.2 Å². The maximum absolute atomic E-state index is 12.0. The highest BCUT2D eigenvalue weighted by Crippen LogP contribution is 2.08. The molecule has 1 rings (SSSR count). The lowest BCUT2D eigenvalue weighted by atomic mass is 10.2. The average Bonchev–Trinajstić information content (AvgIpc) is 2.53. The number of carbonyl (C=O) groups is 2. The van der Waals surface area contributed by atoms with Gasteiger partial charge in [0.2, 0.25) is 0 Å². The molecular formula is C19H27NO4. The van der Waals surface area contributed by atoms with E-state index in [1.165, 1.54) is 0 Å². The van der Waals surface area contributed by atoms with Crippen LogP contribution in [0.4, 0.5) is 4.79 Å². The van der Waals surface area contributed by atoms with Crippen LogP contribution in [-0.2, 0) is 20.9 Å². The zero-order valence-corrected chi connectivity index (χ0v) is 15.1. The van der Waals surface area contributed by atoms with Gasteiger partial charge in [0.1, 0.15) is 18.2 Å². The Bertz CT molecular complexity index is 541. The second kappa shape index (κ2) is 11.1. The predicted molar refractivity (Wildman–Crippen MR) is 94.2 cm³/mol. The quantitative estimate of drug-likeness (QED) is 0.659. The van der Waals surface area contributed by atoms with E-state index < -0.39 is 23.7 Å². The molecule has 0 heterocycles. The van der Waals surface area contributed by atoms with Crippen LogP contribution in [0.25, 0.3) is 0 Å². The summed E-state index contributed by atoms with van der Waals surface area (Å²) in [7, 11) is 0. The van der Waals surface area contributed by atoms with E-state index in [1.54, 1.807) is 20.8 Å². The summed E-state index contributed by atoms with van der Waals surface area (Å²) in [6.07, 6.45) is 4.56. The number of ether oxygens (including phenoxy) is 2. The highest BCUT2D eigenvalue weighted by Gasteiger charge is 2.24. The van der Waals surface area contributed by atoms with E-state index >= 15 is 0 Å². The summed E-state index contributed by atoms with van der Waals surface area (Å²) < 4.78 is 10.3. The van der Waals surface area contributed by atoms with Crippen LogP contribution in [0.15, 0.2) is 30.3 Å². The molecule has 1 aromatic carbocycles. The lowest BCUT2D eigenvalue weighted by Crippen LogP contribution is -2.44. The Morgan fingerprint density at radius 2 is 1.79 bits per heavy atom. The first-order valence-corrected chi connectivity index (χ1v) is 7.95. The van der Waals surface area contributed by atoms with Gasteiger partial charge in [-0.2, -0.15) is 0 Å². The predicted octanol–water partition coefficient (Wildman–Crippen LogP) is 3.67. The monoisotopic (exact) mass is 333 g/mol. The molecule has 1 atom stereocenters. The number of rotatable bonds is 5. The van der Waals surface area contributed by atoms with E-state index in [4.69, 9.17) is 15.9 Å². The number of benzene rings is 1. The number of alkyl carbamates (subject to hydrolysis) is 1. The summed E-state index contributed by atoms with van der Waals surface area (Å²) in [6, 6.07) is 8.32. The fourth-order valence-corrected chi connectivity index (χ4v) is 1.59. The van der Waals surface area contributed by atoms with Gasteiger partial charge < -0.3 is 14.8 Å². The Balaban J connectivity index is 0.00000254. The lowest BCUT2D eigenvalue weighted by Gasteiger charge is -2.22. The number of esters is 1. The van der Waals surface area contributed by atoms with Crippen molar-refractivity contribution in [1.82, 2.24) is 5.32 Å². The molecule has 0 radical (unpaired) electrons. The molecule has 0 aliphatic rings. The van der Waals surface area contributed by atoms with Crippen molar-refractivity contribution >= 4 is 12.1 Å². The highest BCUT2D eigenvalue weighted by atomic mass is 16.6. The summed E-state index contributed by atoms with van der Waals surface area (Å²) in [4.78, 5) is 23.7. The summed E-state index contributed by atoms with van der Waals surface area (Å²) in [5, 5.41) is 2.43. The van der Waals surface area contributed by atoms with E-state index in [9.17, 15) is 9.59 Å². The van der Waals surface area contributed by atoms with Gasteiger partial charge in [0, 0.05) is 6.42 Å². The topological polar surface area (TPSA) is 64.6 Å². The Kier molecular flexibility index (Phi) is 9.97. The first kappa shape index (κ1) is 21.5. The molecule has 0 aliphatic heterocycles. The number of hydrogen-bond donors (Lipinski definition) is 1. The third kappa shape index (κ3) is 9.52. The van der Waals surface area contributed by atoms with Crippen LogP contribution in [0.2, 0.25) is 0 Å². The minimum Gasteiger partial charge on any atom is -0.459 e. The van der Waals surface area contributed by atoms with Gasteiger partial charge in [-0.25, -0.2) is 9.59 Å². The van der Waals surface area contributed by atoms with Crippen LogP contribution in [-0.4, -0.2) is 23.7 Å². The molecule has 0 aliphatic carbocycles. The number of hydrogen-bond acceptors (Lipinski definition) is 4. The molecule has 1 unspecified atom stereocenters. The molecule has 1 N–H and O–H groups in total. The third-order valence-corrected chi connectivity index (χ3v) is 2.52. The lowest BCUT2D eigenvalue weighted by molar-refractivity contribution is -0.147. The van der Waals surface area contributed by atoms with Crippen molar-refractivity contribution in [3.63, 3.8) is 0 Å². The largest absolute Gasteiger partial charge is 0.459 e. The molecule has 5 heteroatoms. The summed E-state index contributed by atoms with van der Waals surface area (Å²) >= 11 is 0. The Morgan fingerprint density at radius 1 is 1.21 bits per heavy atom. The van der Waals surface area contributed by atoms with Crippen LogP contribution in [0.5, 0.6) is 0 Å². The van der Waals surface area contributed by atoms with Gasteiger partial charge in [0.25, 0.3) is 0 Å². The Hall–Kier alpha value is -2.48. The molecule has 0 saturated heterocycles. The van der Waals surface area contributed by atoms with Gasteiger partial charge in [-0.1, -0.05) is 44.2 Å². The van der Waals surface area contributed by atoms with Crippen molar-refractivity contribution in [3.8, 4) is 12.3 Å². The first-order chi connectivity index (χ1) is 11.3. The van der Waals surface area contributed by atoms with Crippen molar-refractivity contribution in [1.29, 1.82) is 0 Å². The summed E-state index contributed by atoms with van der Waals surface area (Å²) in [5.41, 5.74) is 0.200. The molecule has 0 spiro atoms. The van der Waals surface area contributed by atoms with Gasteiger partial charge in [-0.3, -0.25) is 0 Å². The van der Waals surface area contributed by atoms with Gasteiger partial charge >= 0.3 is 12.1 Å². The number of amides is 1. The molecule has 0 fully saturated rings. The standard InChI is InChI=1S/C17H21NO4.C2H6/c1-5-9-14(18-16(20)22-17(2,3)4)15(19)21-12-13-10-7-6-8-11-13;1-2/h1,6-8,10-11,14H,9,12H2,2-4H3,(H,18,20);1-2H3. The fourth-order valence-electron chi connectivity index (χ4n) is 1.59. The Labute approximate surface area is 144 Å². The SMILES string of the molecule is C#CCC(NC(=O)OC(C)(C)C)C(=O)OCc1ccccc1.CC. The molecule has 1 aromatic rings. The molecule has 0 bridgehead atoms. The van der Waals surface area contributed by atoms with E-state index in [0.717, 1.165) is 5.56 Å². The number of terminal acetylenes is 1. The second-order valence-electron chi connectivity index (χ2n) is 5.70. The van der Waals surface area contributed by atoms with Gasteiger partial charge in [-0.05, 0) is 26.3 Å². The fraction of sp³-hybridized carbons (Fsp3) is 0.474. The van der Waals surface area contributed by atoms with Gasteiger partial charge in [0.15, 0.2) is 0 Å². The third-order valence-electron chi connectivity index (χ3n) is 2.52. The molecule has 0 aromatic heterocycles. The van der Waals surface area contributed by atoms with Crippen LogP contribution >= 0.6 is 0 Å². The average molecular weight is 333 g/mol. The highest BCUT2D eigenvalue weighted by molar-refractivity contribution is 5.81. The molecular weight excluding hydrogens is 306 g/mol. The van der Waals surface area contributed by atoms with E-state index in [-0.39, 0.29) is 13.0 Å². The summed E-state index contributed by atoms with van der Waals surface area (Å²) in [6.45, 7) is 9.32.